The van der Waals surface area contributed by atoms with Gasteiger partial charge in [-0.25, -0.2) is 13.6 Å². The molecule has 0 amide bonds. The van der Waals surface area contributed by atoms with Crippen LogP contribution in [0.3, 0.4) is 0 Å². The number of hydrogen-bond acceptors (Lipinski definition) is 3. The molecular weight excluding hydrogens is 416 g/mol. The second-order valence-corrected chi connectivity index (χ2v) is 8.37. The van der Waals surface area contributed by atoms with Crippen molar-refractivity contribution in [2.24, 2.45) is 5.14 Å². The average Bonchev–Trinajstić information content (AvgIpc) is 2.60. The molecule has 0 aliphatic heterocycles. The molecule has 1 heterocycles. The first-order valence-electron chi connectivity index (χ1n) is 7.67. The van der Waals surface area contributed by atoms with Crippen molar-refractivity contribution in [2.45, 2.75) is 4.90 Å². The van der Waals surface area contributed by atoms with E-state index >= 15 is 0 Å². The van der Waals surface area contributed by atoms with Crippen molar-refractivity contribution in [2.75, 3.05) is 0 Å². The summed E-state index contributed by atoms with van der Waals surface area (Å²) >= 11 is 3.52. The number of halogens is 1. The Morgan fingerprint density at radius 1 is 0.923 bits per heavy atom. The first-order chi connectivity index (χ1) is 12.3. The van der Waals surface area contributed by atoms with Crippen LogP contribution in [-0.2, 0) is 10.0 Å². The van der Waals surface area contributed by atoms with Crippen molar-refractivity contribution in [3.63, 3.8) is 0 Å². The van der Waals surface area contributed by atoms with Crippen molar-refractivity contribution in [1.82, 2.24) is 4.57 Å². The molecule has 4 rings (SSSR count). The van der Waals surface area contributed by atoms with Crippen LogP contribution in [0.5, 0.6) is 0 Å². The lowest BCUT2D eigenvalue weighted by molar-refractivity contribution is 0.598. The Kier molecular flexibility index (Phi) is 3.76. The Hall–Kier alpha value is -2.48. The Labute approximate surface area is 157 Å². The van der Waals surface area contributed by atoms with E-state index in [0.717, 1.165) is 20.6 Å². The highest BCUT2D eigenvalue weighted by Gasteiger charge is 2.14. The van der Waals surface area contributed by atoms with Gasteiger partial charge in [-0.3, -0.25) is 9.36 Å². The molecule has 3 aromatic carbocycles. The van der Waals surface area contributed by atoms with Crippen LogP contribution < -0.4 is 16.0 Å². The number of nitrogens with zero attached hydrogens (tertiary/aromatic N) is 1. The molecule has 0 saturated heterocycles. The van der Waals surface area contributed by atoms with Crippen molar-refractivity contribution in [3.05, 3.63) is 74.8 Å². The van der Waals surface area contributed by atoms with Gasteiger partial charge in [0.15, 0.2) is 0 Å². The molecule has 1 aromatic heterocycles. The highest BCUT2D eigenvalue weighted by molar-refractivity contribution is 9.10. The number of primary sulfonamides is 1. The van der Waals surface area contributed by atoms with E-state index < -0.39 is 10.0 Å². The molecule has 4 aromatic rings. The molecule has 0 saturated carbocycles. The average molecular weight is 429 g/mol. The maximum atomic E-state index is 13.1. The molecule has 0 radical (unpaired) electrons. The van der Waals surface area contributed by atoms with Crippen LogP contribution in [0.4, 0.5) is 0 Å². The van der Waals surface area contributed by atoms with Crippen molar-refractivity contribution in [3.8, 4) is 5.69 Å². The van der Waals surface area contributed by atoms with E-state index in [4.69, 9.17) is 5.14 Å². The summed E-state index contributed by atoms with van der Waals surface area (Å²) in [7, 11) is -3.79. The molecule has 0 spiro atoms. The van der Waals surface area contributed by atoms with Crippen molar-refractivity contribution < 1.29 is 8.42 Å². The Balaban J connectivity index is 2.11. The first kappa shape index (κ1) is 17.0. The molecule has 5 nitrogen and oxygen atoms in total. The summed E-state index contributed by atoms with van der Waals surface area (Å²) in [6, 6.07) is 15.2. The van der Waals surface area contributed by atoms with Gasteiger partial charge in [0.05, 0.1) is 4.90 Å². The second-order valence-electron chi connectivity index (χ2n) is 5.95. The van der Waals surface area contributed by atoms with Gasteiger partial charge < -0.3 is 0 Å². The van der Waals surface area contributed by atoms with Gasteiger partial charge in [0.25, 0.3) is 5.56 Å². The van der Waals surface area contributed by atoms with E-state index in [9.17, 15) is 13.2 Å². The first-order valence-corrected chi connectivity index (χ1v) is 10.0. The number of benzene rings is 3. The Morgan fingerprint density at radius 2 is 1.58 bits per heavy atom. The molecule has 0 unspecified atom stereocenters. The van der Waals surface area contributed by atoms with Crippen LogP contribution in [0.2, 0.25) is 0 Å². The monoisotopic (exact) mass is 428 g/mol. The van der Waals surface area contributed by atoms with Gasteiger partial charge in [-0.1, -0.05) is 40.7 Å². The molecule has 0 atom stereocenters. The third-order valence-electron chi connectivity index (χ3n) is 4.43. The van der Waals surface area contributed by atoms with E-state index in [0.29, 0.717) is 16.4 Å². The van der Waals surface area contributed by atoms with Gasteiger partial charge >= 0.3 is 0 Å². The fraction of sp³-hybridized carbons (Fsp3) is 0. The smallest absolute Gasteiger partial charge is 0.263 e. The van der Waals surface area contributed by atoms with Gasteiger partial charge in [-0.15, -0.1) is 0 Å². The Morgan fingerprint density at radius 3 is 2.23 bits per heavy atom. The number of rotatable bonds is 2. The lowest BCUT2D eigenvalue weighted by Gasteiger charge is -2.13. The van der Waals surface area contributed by atoms with Gasteiger partial charge in [0.2, 0.25) is 10.0 Å². The Bertz CT molecular complexity index is 1360. The number of aromatic nitrogens is 1. The van der Waals surface area contributed by atoms with Crippen molar-refractivity contribution >= 4 is 54.1 Å². The van der Waals surface area contributed by atoms with E-state index in [2.05, 4.69) is 22.5 Å². The molecule has 0 aliphatic rings. The minimum Gasteiger partial charge on any atom is -0.277 e. The molecule has 0 bridgehead atoms. The second kappa shape index (κ2) is 5.77. The standard InChI is InChI=1S/C19H13BrN2O3S/c1-11-14-9-10-17(20)15-3-2-4-16(18(14)15)19(23)22(11)12-5-7-13(8-6-12)26(21,24)25/h2-10H,1H2,(H2,21,24,25). The fourth-order valence-electron chi connectivity index (χ4n) is 3.21. The SMILES string of the molecule is C=c1c2ccc(Br)c3cccc(c(=O)n1-c1ccc(S(N)(=O)=O)cc1)c32. The third kappa shape index (κ3) is 2.47. The van der Waals surface area contributed by atoms with Crippen LogP contribution >= 0.6 is 15.9 Å². The quantitative estimate of drug-likeness (QED) is 0.532. The van der Waals surface area contributed by atoms with Crippen LogP contribution in [0.15, 0.2) is 68.8 Å². The maximum absolute atomic E-state index is 13.1. The number of nitrogens with two attached hydrogens (primary N) is 1. The van der Waals surface area contributed by atoms with Gasteiger partial charge in [0.1, 0.15) is 0 Å². The zero-order valence-corrected chi connectivity index (χ0v) is 15.8. The lowest BCUT2D eigenvalue weighted by Crippen LogP contribution is -2.31. The molecule has 0 aliphatic carbocycles. The summed E-state index contributed by atoms with van der Waals surface area (Å²) in [6.45, 7) is 4.09. The summed E-state index contributed by atoms with van der Waals surface area (Å²) in [4.78, 5) is 13.1. The largest absolute Gasteiger partial charge is 0.277 e. The highest BCUT2D eigenvalue weighted by atomic mass is 79.9. The van der Waals surface area contributed by atoms with E-state index in [1.54, 1.807) is 18.2 Å². The van der Waals surface area contributed by atoms with Crippen molar-refractivity contribution in [1.29, 1.82) is 0 Å². The summed E-state index contributed by atoms with van der Waals surface area (Å²) in [5.74, 6) is 0. The van der Waals surface area contributed by atoms with E-state index in [1.807, 2.05) is 24.3 Å². The molecule has 2 N–H and O–H groups in total. The number of hydrogen-bond donors (Lipinski definition) is 1. The van der Waals surface area contributed by atoms with Gasteiger partial charge in [-0.2, -0.15) is 0 Å². The summed E-state index contributed by atoms with van der Waals surface area (Å²) < 4.78 is 25.3. The topological polar surface area (TPSA) is 82.2 Å². The zero-order chi connectivity index (χ0) is 18.6. The molecule has 26 heavy (non-hydrogen) atoms. The zero-order valence-electron chi connectivity index (χ0n) is 13.4. The summed E-state index contributed by atoms with van der Waals surface area (Å²) in [5.41, 5.74) is 0.313. The predicted molar refractivity (Wildman–Crippen MR) is 107 cm³/mol. The minimum atomic E-state index is -3.79. The van der Waals surface area contributed by atoms with Gasteiger partial charge in [-0.05, 0) is 41.8 Å². The summed E-state index contributed by atoms with van der Waals surface area (Å²) in [5, 5.41) is 8.90. The summed E-state index contributed by atoms with van der Waals surface area (Å²) in [6.07, 6.45) is 0. The van der Waals surface area contributed by atoms with Crippen LogP contribution in [0.1, 0.15) is 0 Å². The fourth-order valence-corrected chi connectivity index (χ4v) is 4.19. The normalized spacial score (nSPS) is 12.1. The lowest BCUT2D eigenvalue weighted by atomic mass is 10.0. The van der Waals surface area contributed by atoms with Crippen LogP contribution in [0, 0.1) is 0 Å². The molecular formula is C19H13BrN2O3S. The van der Waals surface area contributed by atoms with Crippen LogP contribution in [-0.4, -0.2) is 13.0 Å². The maximum Gasteiger partial charge on any atom is 0.263 e. The number of pyridine rings is 1. The molecule has 130 valence electrons. The minimum absolute atomic E-state index is 0.0113. The number of sulfonamides is 1. The molecule has 7 heteroatoms. The predicted octanol–water partition coefficient (Wildman–Crippen LogP) is 2.68. The molecule has 0 fully saturated rings. The van der Waals surface area contributed by atoms with Crippen LogP contribution in [0.25, 0.3) is 33.8 Å². The van der Waals surface area contributed by atoms with Gasteiger partial charge in [0, 0.05) is 31.7 Å². The third-order valence-corrected chi connectivity index (χ3v) is 6.05. The highest BCUT2D eigenvalue weighted by Crippen LogP contribution is 2.29. The van der Waals surface area contributed by atoms with E-state index in [1.165, 1.54) is 16.7 Å². The van der Waals surface area contributed by atoms with E-state index in [-0.39, 0.29) is 10.5 Å².